The number of methoxy groups -OCH3 is 1. The van der Waals surface area contributed by atoms with Gasteiger partial charge in [-0.15, -0.1) is 0 Å². The van der Waals surface area contributed by atoms with E-state index in [-0.39, 0.29) is 11.9 Å². The minimum absolute atomic E-state index is 0.00192. The van der Waals surface area contributed by atoms with Gasteiger partial charge in [0.15, 0.2) is 0 Å². The third kappa shape index (κ3) is 5.79. The number of amides is 1. The highest BCUT2D eigenvalue weighted by Crippen LogP contribution is 2.29. The Morgan fingerprint density at radius 1 is 1.03 bits per heavy atom. The Morgan fingerprint density at radius 3 is 2.34 bits per heavy atom. The van der Waals surface area contributed by atoms with Gasteiger partial charge in [0.25, 0.3) is 0 Å². The van der Waals surface area contributed by atoms with Crippen LogP contribution < -0.4 is 5.32 Å². The number of nitrogens with one attached hydrogen (secondary N) is 1. The molecule has 1 unspecified atom stereocenters. The molecule has 2 aromatic rings. The fourth-order valence-electron chi connectivity index (χ4n) is 3.52. The van der Waals surface area contributed by atoms with Crippen molar-refractivity contribution in [3.8, 4) is 0 Å². The van der Waals surface area contributed by atoms with Gasteiger partial charge in [-0.3, -0.25) is 14.6 Å². The van der Waals surface area contributed by atoms with Crippen molar-refractivity contribution in [3.63, 3.8) is 0 Å². The SMILES string of the molecule is COC(=O)C(c1ccccc1Cl)N1CCN(CC(=O)NCc2ccccc2)CC1. The minimum Gasteiger partial charge on any atom is -0.468 e. The first-order chi connectivity index (χ1) is 14.1. The Kier molecular flexibility index (Phi) is 7.63. The Hall–Kier alpha value is -2.41. The van der Waals surface area contributed by atoms with E-state index in [0.29, 0.717) is 44.3 Å². The summed E-state index contributed by atoms with van der Waals surface area (Å²) in [6, 6.07) is 16.6. The minimum atomic E-state index is -0.539. The molecule has 1 aliphatic heterocycles. The Balaban J connectivity index is 1.53. The van der Waals surface area contributed by atoms with Crippen LogP contribution in [0.25, 0.3) is 0 Å². The van der Waals surface area contributed by atoms with E-state index in [2.05, 4.69) is 15.1 Å². The Labute approximate surface area is 176 Å². The van der Waals surface area contributed by atoms with Crippen LogP contribution in [0.5, 0.6) is 0 Å². The molecule has 29 heavy (non-hydrogen) atoms. The zero-order chi connectivity index (χ0) is 20.6. The molecule has 1 heterocycles. The van der Waals surface area contributed by atoms with Crippen molar-refractivity contribution < 1.29 is 14.3 Å². The Bertz CT molecular complexity index is 823. The number of rotatable bonds is 7. The fraction of sp³-hybridized carbons (Fsp3) is 0.364. The van der Waals surface area contributed by atoms with Gasteiger partial charge in [-0.2, -0.15) is 0 Å². The number of ether oxygens (including phenoxy) is 1. The first kappa shape index (κ1) is 21.3. The maximum atomic E-state index is 12.4. The summed E-state index contributed by atoms with van der Waals surface area (Å²) in [7, 11) is 1.39. The van der Waals surface area contributed by atoms with Crippen LogP contribution in [0.3, 0.4) is 0 Å². The van der Waals surface area contributed by atoms with Crippen LogP contribution in [0.1, 0.15) is 17.2 Å². The number of esters is 1. The maximum absolute atomic E-state index is 12.4. The lowest BCUT2D eigenvalue weighted by Crippen LogP contribution is -2.51. The van der Waals surface area contributed by atoms with Crippen LogP contribution in [0.2, 0.25) is 5.02 Å². The smallest absolute Gasteiger partial charge is 0.327 e. The highest BCUT2D eigenvalue weighted by atomic mass is 35.5. The summed E-state index contributed by atoms with van der Waals surface area (Å²) in [5, 5.41) is 3.50. The van der Waals surface area contributed by atoms with Gasteiger partial charge in [0, 0.05) is 37.7 Å². The van der Waals surface area contributed by atoms with E-state index in [0.717, 1.165) is 11.1 Å². The van der Waals surface area contributed by atoms with Crippen molar-refractivity contribution in [2.45, 2.75) is 12.6 Å². The molecule has 0 aromatic heterocycles. The highest BCUT2D eigenvalue weighted by molar-refractivity contribution is 6.31. The molecule has 0 saturated carbocycles. The molecule has 154 valence electrons. The number of hydrogen-bond acceptors (Lipinski definition) is 5. The maximum Gasteiger partial charge on any atom is 0.327 e. The van der Waals surface area contributed by atoms with E-state index < -0.39 is 6.04 Å². The van der Waals surface area contributed by atoms with Crippen LogP contribution in [0.4, 0.5) is 0 Å². The van der Waals surface area contributed by atoms with Gasteiger partial charge < -0.3 is 10.1 Å². The summed E-state index contributed by atoms with van der Waals surface area (Å²) in [4.78, 5) is 28.9. The van der Waals surface area contributed by atoms with Crippen molar-refractivity contribution in [2.24, 2.45) is 0 Å². The van der Waals surface area contributed by atoms with Gasteiger partial charge in [0.05, 0.1) is 13.7 Å². The van der Waals surface area contributed by atoms with E-state index in [1.165, 1.54) is 7.11 Å². The number of halogens is 1. The first-order valence-corrected chi connectivity index (χ1v) is 10.1. The van der Waals surface area contributed by atoms with Crippen LogP contribution in [-0.4, -0.2) is 61.5 Å². The van der Waals surface area contributed by atoms with Crippen LogP contribution >= 0.6 is 11.6 Å². The molecular weight excluding hydrogens is 390 g/mol. The summed E-state index contributed by atoms with van der Waals surface area (Å²) in [6.45, 7) is 3.55. The summed E-state index contributed by atoms with van der Waals surface area (Å²) >= 11 is 6.32. The highest BCUT2D eigenvalue weighted by Gasteiger charge is 2.32. The predicted octanol–water partition coefficient (Wildman–Crippen LogP) is 2.49. The molecule has 0 bridgehead atoms. The summed E-state index contributed by atoms with van der Waals surface area (Å²) in [5.74, 6) is -0.329. The number of carbonyl (C=O) groups is 2. The predicted molar refractivity (Wildman–Crippen MR) is 113 cm³/mol. The number of hydrogen-bond donors (Lipinski definition) is 1. The van der Waals surface area contributed by atoms with Crippen molar-refractivity contribution in [1.29, 1.82) is 0 Å². The van der Waals surface area contributed by atoms with Gasteiger partial charge in [0.2, 0.25) is 5.91 Å². The molecule has 1 aliphatic rings. The number of piperazine rings is 1. The van der Waals surface area contributed by atoms with Crippen LogP contribution in [0, 0.1) is 0 Å². The normalized spacial score (nSPS) is 16.2. The molecule has 3 rings (SSSR count). The lowest BCUT2D eigenvalue weighted by molar-refractivity contribution is -0.148. The van der Waals surface area contributed by atoms with E-state index in [9.17, 15) is 9.59 Å². The molecule has 0 aliphatic carbocycles. The fourth-order valence-corrected chi connectivity index (χ4v) is 3.76. The zero-order valence-electron chi connectivity index (χ0n) is 16.5. The summed E-state index contributed by atoms with van der Waals surface area (Å²) < 4.78 is 5.02. The molecule has 1 N–H and O–H groups in total. The second-order valence-corrected chi connectivity index (χ2v) is 7.43. The second kappa shape index (κ2) is 10.4. The quantitative estimate of drug-likeness (QED) is 0.704. The standard InChI is InChI=1S/C22H26ClN3O3/c1-29-22(28)21(18-9-5-6-10-19(18)23)26-13-11-25(12-14-26)16-20(27)24-15-17-7-3-2-4-8-17/h2-10,21H,11-16H2,1H3,(H,24,27). The van der Waals surface area contributed by atoms with Gasteiger partial charge in [-0.25, -0.2) is 4.79 Å². The monoisotopic (exact) mass is 415 g/mol. The van der Waals surface area contributed by atoms with E-state index in [1.807, 2.05) is 48.5 Å². The molecule has 1 atom stereocenters. The largest absolute Gasteiger partial charge is 0.468 e. The molecule has 1 fully saturated rings. The second-order valence-electron chi connectivity index (χ2n) is 7.02. The molecule has 1 amide bonds. The van der Waals surface area contributed by atoms with Crippen molar-refractivity contribution in [2.75, 3.05) is 39.8 Å². The molecule has 1 saturated heterocycles. The lowest BCUT2D eigenvalue weighted by atomic mass is 10.0. The summed E-state index contributed by atoms with van der Waals surface area (Å²) in [5.41, 5.74) is 1.82. The molecule has 0 spiro atoms. The van der Waals surface area contributed by atoms with E-state index in [1.54, 1.807) is 6.07 Å². The molecule has 0 radical (unpaired) electrons. The van der Waals surface area contributed by atoms with E-state index >= 15 is 0 Å². The Morgan fingerprint density at radius 2 is 1.69 bits per heavy atom. The summed E-state index contributed by atoms with van der Waals surface area (Å²) in [6.07, 6.45) is 0. The zero-order valence-corrected chi connectivity index (χ0v) is 17.3. The van der Waals surface area contributed by atoms with Gasteiger partial charge in [0.1, 0.15) is 6.04 Å². The van der Waals surface area contributed by atoms with E-state index in [4.69, 9.17) is 16.3 Å². The first-order valence-electron chi connectivity index (χ1n) is 9.67. The van der Waals surface area contributed by atoms with Crippen molar-refractivity contribution >= 4 is 23.5 Å². The number of carbonyl (C=O) groups excluding carboxylic acids is 2. The average molecular weight is 416 g/mol. The topological polar surface area (TPSA) is 61.9 Å². The molecule has 6 nitrogen and oxygen atoms in total. The third-order valence-electron chi connectivity index (χ3n) is 5.10. The molecular formula is C22H26ClN3O3. The lowest BCUT2D eigenvalue weighted by Gasteiger charge is -2.38. The van der Waals surface area contributed by atoms with Crippen LogP contribution in [-0.2, 0) is 20.9 Å². The number of nitrogens with zero attached hydrogens (tertiary/aromatic N) is 2. The number of benzene rings is 2. The third-order valence-corrected chi connectivity index (χ3v) is 5.44. The molecule has 7 heteroatoms. The van der Waals surface area contributed by atoms with Gasteiger partial charge >= 0.3 is 5.97 Å². The van der Waals surface area contributed by atoms with Crippen molar-refractivity contribution in [1.82, 2.24) is 15.1 Å². The van der Waals surface area contributed by atoms with Crippen LogP contribution in [0.15, 0.2) is 54.6 Å². The van der Waals surface area contributed by atoms with Gasteiger partial charge in [-0.05, 0) is 17.2 Å². The molecule has 2 aromatic carbocycles. The average Bonchev–Trinajstić information content (AvgIpc) is 2.75. The van der Waals surface area contributed by atoms with Gasteiger partial charge in [-0.1, -0.05) is 60.1 Å². The van der Waals surface area contributed by atoms with Crippen molar-refractivity contribution in [3.05, 3.63) is 70.7 Å².